The number of carbonyl (C=O) groups excluding carboxylic acids is 1. The Labute approximate surface area is 133 Å². The Kier molecular flexibility index (Phi) is 4.37. The molecule has 0 spiro atoms. The van der Waals surface area contributed by atoms with E-state index in [0.717, 1.165) is 15.6 Å². The van der Waals surface area contributed by atoms with E-state index >= 15 is 0 Å². The molecule has 0 aliphatic carbocycles. The molecule has 0 aliphatic rings. The standard InChI is InChI=1S/C17H19BrN2O/c1-11-14(5-4-6-15(11)19)16(21)20-17(2,3)12-7-9-13(18)10-8-12/h4-10H,19H2,1-3H3,(H,20,21). The third-order valence-electron chi connectivity index (χ3n) is 3.61. The minimum atomic E-state index is -0.463. The summed E-state index contributed by atoms with van der Waals surface area (Å²) in [5.74, 6) is -0.118. The van der Waals surface area contributed by atoms with Gasteiger partial charge in [-0.25, -0.2) is 0 Å². The summed E-state index contributed by atoms with van der Waals surface area (Å²) in [6.07, 6.45) is 0. The normalized spacial score (nSPS) is 11.2. The van der Waals surface area contributed by atoms with Crippen LogP contribution in [0.4, 0.5) is 5.69 Å². The van der Waals surface area contributed by atoms with Crippen molar-refractivity contribution in [1.29, 1.82) is 0 Å². The first kappa shape index (κ1) is 15.6. The highest BCUT2D eigenvalue weighted by Gasteiger charge is 2.24. The predicted octanol–water partition coefficient (Wildman–Crippen LogP) is 4.00. The molecule has 2 aromatic carbocycles. The van der Waals surface area contributed by atoms with Crippen molar-refractivity contribution in [1.82, 2.24) is 5.32 Å². The van der Waals surface area contributed by atoms with Gasteiger partial charge in [0.1, 0.15) is 0 Å². The number of anilines is 1. The molecule has 0 heterocycles. The summed E-state index contributed by atoms with van der Waals surface area (Å²) in [5, 5.41) is 3.07. The first-order chi connectivity index (χ1) is 9.81. The molecule has 0 radical (unpaired) electrons. The zero-order valence-electron chi connectivity index (χ0n) is 12.4. The van der Waals surface area contributed by atoms with Crippen molar-refractivity contribution in [2.24, 2.45) is 0 Å². The lowest BCUT2D eigenvalue weighted by Crippen LogP contribution is -2.41. The van der Waals surface area contributed by atoms with Crippen LogP contribution in [-0.2, 0) is 5.54 Å². The first-order valence-corrected chi connectivity index (χ1v) is 7.54. The Hall–Kier alpha value is -1.81. The van der Waals surface area contributed by atoms with Crippen molar-refractivity contribution in [2.75, 3.05) is 5.73 Å². The average molecular weight is 347 g/mol. The minimum Gasteiger partial charge on any atom is -0.398 e. The summed E-state index contributed by atoms with van der Waals surface area (Å²) < 4.78 is 1.01. The molecule has 0 bridgehead atoms. The Morgan fingerprint density at radius 3 is 2.38 bits per heavy atom. The van der Waals surface area contributed by atoms with Gasteiger partial charge in [0.2, 0.25) is 0 Å². The van der Waals surface area contributed by atoms with E-state index in [1.807, 2.05) is 45.0 Å². The van der Waals surface area contributed by atoms with Gasteiger partial charge in [-0.3, -0.25) is 4.79 Å². The van der Waals surface area contributed by atoms with Crippen molar-refractivity contribution in [2.45, 2.75) is 26.3 Å². The zero-order valence-corrected chi connectivity index (χ0v) is 14.0. The van der Waals surface area contributed by atoms with Crippen LogP contribution in [-0.4, -0.2) is 5.91 Å². The maximum absolute atomic E-state index is 12.5. The van der Waals surface area contributed by atoms with Crippen LogP contribution in [0.2, 0.25) is 0 Å². The number of rotatable bonds is 3. The van der Waals surface area contributed by atoms with E-state index in [-0.39, 0.29) is 5.91 Å². The van der Waals surface area contributed by atoms with E-state index in [1.165, 1.54) is 0 Å². The Morgan fingerprint density at radius 1 is 1.14 bits per heavy atom. The van der Waals surface area contributed by atoms with Gasteiger partial charge in [-0.15, -0.1) is 0 Å². The van der Waals surface area contributed by atoms with Gasteiger partial charge in [0.15, 0.2) is 0 Å². The van der Waals surface area contributed by atoms with E-state index in [2.05, 4.69) is 21.2 Å². The number of halogens is 1. The second kappa shape index (κ2) is 5.90. The number of nitrogens with two attached hydrogens (primary N) is 1. The van der Waals surface area contributed by atoms with Gasteiger partial charge in [0.25, 0.3) is 5.91 Å². The zero-order chi connectivity index (χ0) is 15.6. The molecule has 110 valence electrons. The van der Waals surface area contributed by atoms with E-state index in [1.54, 1.807) is 18.2 Å². The first-order valence-electron chi connectivity index (χ1n) is 6.75. The second-order valence-electron chi connectivity index (χ2n) is 5.61. The Bertz CT molecular complexity index is 663. The monoisotopic (exact) mass is 346 g/mol. The van der Waals surface area contributed by atoms with Gasteiger partial charge in [0, 0.05) is 15.7 Å². The molecule has 0 aromatic heterocycles. The van der Waals surface area contributed by atoms with E-state index < -0.39 is 5.54 Å². The van der Waals surface area contributed by atoms with Gasteiger partial charge in [-0.05, 0) is 56.2 Å². The SMILES string of the molecule is Cc1c(N)cccc1C(=O)NC(C)(C)c1ccc(Br)cc1. The molecule has 1 amide bonds. The van der Waals surface area contributed by atoms with Crippen LogP contribution in [0.3, 0.4) is 0 Å². The molecular weight excluding hydrogens is 328 g/mol. The van der Waals surface area contributed by atoms with Crippen molar-refractivity contribution in [3.05, 3.63) is 63.6 Å². The van der Waals surface area contributed by atoms with Gasteiger partial charge in [-0.1, -0.05) is 34.1 Å². The number of nitrogens with one attached hydrogen (secondary N) is 1. The number of nitrogen functional groups attached to an aromatic ring is 1. The lowest BCUT2D eigenvalue weighted by atomic mass is 9.93. The second-order valence-corrected chi connectivity index (χ2v) is 6.52. The van der Waals surface area contributed by atoms with E-state index in [0.29, 0.717) is 11.3 Å². The van der Waals surface area contributed by atoms with Crippen LogP contribution < -0.4 is 11.1 Å². The topological polar surface area (TPSA) is 55.1 Å². The highest BCUT2D eigenvalue weighted by Crippen LogP contribution is 2.23. The molecule has 0 unspecified atom stereocenters. The van der Waals surface area contributed by atoms with Crippen LogP contribution in [0.15, 0.2) is 46.9 Å². The van der Waals surface area contributed by atoms with Crippen LogP contribution in [0.25, 0.3) is 0 Å². The number of hydrogen-bond donors (Lipinski definition) is 2. The van der Waals surface area contributed by atoms with E-state index in [9.17, 15) is 4.79 Å². The van der Waals surface area contributed by atoms with Crippen LogP contribution >= 0.6 is 15.9 Å². The van der Waals surface area contributed by atoms with Crippen molar-refractivity contribution in [3.63, 3.8) is 0 Å². The number of benzene rings is 2. The third kappa shape index (κ3) is 3.45. The van der Waals surface area contributed by atoms with Gasteiger partial charge >= 0.3 is 0 Å². The van der Waals surface area contributed by atoms with Crippen LogP contribution in [0.5, 0.6) is 0 Å². The molecule has 3 nitrogen and oxygen atoms in total. The van der Waals surface area contributed by atoms with Gasteiger partial charge < -0.3 is 11.1 Å². The summed E-state index contributed by atoms with van der Waals surface area (Å²) in [4.78, 5) is 12.5. The summed E-state index contributed by atoms with van der Waals surface area (Å²) in [5.41, 5.74) is 8.49. The predicted molar refractivity (Wildman–Crippen MR) is 90.2 cm³/mol. The van der Waals surface area contributed by atoms with Gasteiger partial charge in [0.05, 0.1) is 5.54 Å². The molecule has 0 fully saturated rings. The van der Waals surface area contributed by atoms with Crippen LogP contribution in [0.1, 0.15) is 35.3 Å². The summed E-state index contributed by atoms with van der Waals surface area (Å²) >= 11 is 3.42. The maximum atomic E-state index is 12.5. The summed E-state index contributed by atoms with van der Waals surface area (Å²) in [7, 11) is 0. The molecular formula is C17H19BrN2O. The summed E-state index contributed by atoms with van der Waals surface area (Å²) in [6, 6.07) is 13.3. The smallest absolute Gasteiger partial charge is 0.252 e. The number of carbonyl (C=O) groups is 1. The fraction of sp³-hybridized carbons (Fsp3) is 0.235. The molecule has 21 heavy (non-hydrogen) atoms. The minimum absolute atomic E-state index is 0.118. The van der Waals surface area contributed by atoms with Crippen LogP contribution in [0, 0.1) is 6.92 Å². The molecule has 4 heteroatoms. The fourth-order valence-electron chi connectivity index (χ4n) is 2.19. The van der Waals surface area contributed by atoms with Crippen molar-refractivity contribution < 1.29 is 4.79 Å². The van der Waals surface area contributed by atoms with E-state index in [4.69, 9.17) is 5.73 Å². The lowest BCUT2D eigenvalue weighted by Gasteiger charge is -2.27. The summed E-state index contributed by atoms with van der Waals surface area (Å²) in [6.45, 7) is 5.82. The number of hydrogen-bond acceptors (Lipinski definition) is 2. The molecule has 0 saturated carbocycles. The van der Waals surface area contributed by atoms with Crippen molar-refractivity contribution in [3.8, 4) is 0 Å². The Morgan fingerprint density at radius 2 is 1.76 bits per heavy atom. The highest BCUT2D eigenvalue weighted by molar-refractivity contribution is 9.10. The molecule has 0 atom stereocenters. The molecule has 2 aromatic rings. The lowest BCUT2D eigenvalue weighted by molar-refractivity contribution is 0.0911. The largest absolute Gasteiger partial charge is 0.398 e. The van der Waals surface area contributed by atoms with Gasteiger partial charge in [-0.2, -0.15) is 0 Å². The molecule has 0 saturated heterocycles. The molecule has 3 N–H and O–H groups in total. The molecule has 2 rings (SSSR count). The quantitative estimate of drug-likeness (QED) is 0.825. The highest BCUT2D eigenvalue weighted by atomic mass is 79.9. The fourth-order valence-corrected chi connectivity index (χ4v) is 2.45. The molecule has 0 aliphatic heterocycles. The van der Waals surface area contributed by atoms with Crippen molar-refractivity contribution >= 4 is 27.5 Å². The number of amides is 1. The Balaban J connectivity index is 2.25. The average Bonchev–Trinajstić information content (AvgIpc) is 2.41. The maximum Gasteiger partial charge on any atom is 0.252 e. The third-order valence-corrected chi connectivity index (χ3v) is 4.14.